The fourth-order valence-electron chi connectivity index (χ4n) is 3.11. The summed E-state index contributed by atoms with van der Waals surface area (Å²) in [6.45, 7) is 3.28. The Morgan fingerprint density at radius 2 is 1.66 bits per heavy atom. The summed E-state index contributed by atoms with van der Waals surface area (Å²) >= 11 is 0. The van der Waals surface area contributed by atoms with Gasteiger partial charge in [-0.15, -0.1) is 0 Å². The van der Waals surface area contributed by atoms with Crippen LogP contribution in [-0.4, -0.2) is 33.9 Å². The molecule has 3 rings (SSSR count). The first kappa shape index (κ1) is 23.3. The molecule has 6 nitrogen and oxygen atoms in total. The molecule has 32 heavy (non-hydrogen) atoms. The Morgan fingerprint density at radius 3 is 2.25 bits per heavy atom. The van der Waals surface area contributed by atoms with Crippen LogP contribution in [0, 0.1) is 0 Å². The number of esters is 1. The molecule has 3 aromatic rings. The van der Waals surface area contributed by atoms with E-state index >= 15 is 0 Å². The molecule has 0 fully saturated rings. The van der Waals surface area contributed by atoms with Crippen molar-refractivity contribution in [2.24, 2.45) is 0 Å². The molecule has 1 heterocycles. The Labute approximate surface area is 183 Å². The Morgan fingerprint density at radius 1 is 1.00 bits per heavy atom. The second-order valence-corrected chi connectivity index (χ2v) is 7.78. The molecule has 0 saturated heterocycles. The van der Waals surface area contributed by atoms with Crippen LogP contribution < -0.4 is 4.74 Å². The fourth-order valence-corrected chi connectivity index (χ4v) is 3.11. The summed E-state index contributed by atoms with van der Waals surface area (Å²) in [5.74, 6) is 1.15. The molecule has 0 aliphatic carbocycles. The Hall–Kier alpha value is -3.36. The number of aryl methyl sites for hydroxylation is 2. The Bertz CT molecular complexity index is 1040. The number of ether oxygens (including phenoxy) is 2. The maximum absolute atomic E-state index is 12.7. The van der Waals surface area contributed by atoms with Gasteiger partial charge in [-0.05, 0) is 56.5 Å². The number of carbonyl (C=O) groups is 1. The number of carbonyl (C=O) groups excluding carboxylic acids is 1. The molecule has 0 unspecified atom stereocenters. The summed E-state index contributed by atoms with van der Waals surface area (Å²) in [6, 6.07) is 12.2. The van der Waals surface area contributed by atoms with Crippen LogP contribution >= 0.6 is 0 Å². The SMILES string of the molecule is COC(=O)C(C)(C)Oc1ccc(CCCc2nc(-c3ccc(C(F)(F)F)cc3)n[nH]2)cc1. The first-order valence-electron chi connectivity index (χ1n) is 10.0. The lowest BCUT2D eigenvalue weighted by Crippen LogP contribution is -2.39. The lowest BCUT2D eigenvalue weighted by molar-refractivity contribution is -0.156. The Balaban J connectivity index is 1.52. The molecule has 0 spiro atoms. The average Bonchev–Trinajstić information content (AvgIpc) is 3.22. The van der Waals surface area contributed by atoms with Crippen LogP contribution in [-0.2, 0) is 28.5 Å². The zero-order chi connectivity index (χ0) is 23.4. The zero-order valence-corrected chi connectivity index (χ0v) is 18.0. The summed E-state index contributed by atoms with van der Waals surface area (Å²) in [5, 5.41) is 6.94. The van der Waals surface area contributed by atoms with Crippen molar-refractivity contribution in [2.75, 3.05) is 7.11 Å². The van der Waals surface area contributed by atoms with Crippen molar-refractivity contribution < 1.29 is 27.4 Å². The molecular formula is C23H24F3N3O3. The lowest BCUT2D eigenvalue weighted by Gasteiger charge is -2.23. The van der Waals surface area contributed by atoms with Crippen molar-refractivity contribution in [1.82, 2.24) is 15.2 Å². The van der Waals surface area contributed by atoms with E-state index in [1.165, 1.54) is 19.2 Å². The van der Waals surface area contributed by atoms with Gasteiger partial charge in [0.25, 0.3) is 0 Å². The van der Waals surface area contributed by atoms with Crippen LogP contribution in [0.15, 0.2) is 48.5 Å². The molecule has 1 N–H and O–H groups in total. The highest BCUT2D eigenvalue weighted by Crippen LogP contribution is 2.30. The molecule has 9 heteroatoms. The van der Waals surface area contributed by atoms with Gasteiger partial charge in [0.15, 0.2) is 11.4 Å². The van der Waals surface area contributed by atoms with Gasteiger partial charge in [0, 0.05) is 12.0 Å². The number of hydrogen-bond donors (Lipinski definition) is 1. The van der Waals surface area contributed by atoms with Crippen LogP contribution in [0.5, 0.6) is 5.75 Å². The third-order valence-electron chi connectivity index (χ3n) is 4.85. The normalized spacial score (nSPS) is 11.9. The van der Waals surface area contributed by atoms with Crippen LogP contribution in [0.2, 0.25) is 0 Å². The number of alkyl halides is 3. The summed E-state index contributed by atoms with van der Waals surface area (Å²) < 4.78 is 48.5. The molecule has 0 bridgehead atoms. The molecule has 0 aliphatic heterocycles. The second-order valence-electron chi connectivity index (χ2n) is 7.78. The van der Waals surface area contributed by atoms with E-state index in [2.05, 4.69) is 15.2 Å². The maximum atomic E-state index is 12.7. The number of nitrogens with one attached hydrogen (secondary N) is 1. The maximum Gasteiger partial charge on any atom is 0.416 e. The highest BCUT2D eigenvalue weighted by Gasteiger charge is 2.31. The molecule has 0 saturated carbocycles. The molecular weight excluding hydrogens is 423 g/mol. The number of rotatable bonds is 8. The van der Waals surface area contributed by atoms with E-state index in [0.29, 0.717) is 29.4 Å². The van der Waals surface area contributed by atoms with Crippen molar-refractivity contribution in [2.45, 2.75) is 44.9 Å². The van der Waals surface area contributed by atoms with Gasteiger partial charge in [-0.3, -0.25) is 5.10 Å². The van der Waals surface area contributed by atoms with Crippen molar-refractivity contribution in [3.8, 4) is 17.1 Å². The van der Waals surface area contributed by atoms with Gasteiger partial charge in [0.2, 0.25) is 0 Å². The molecule has 1 aromatic heterocycles. The number of benzene rings is 2. The number of methoxy groups -OCH3 is 1. The highest BCUT2D eigenvalue weighted by molar-refractivity contribution is 5.78. The van der Waals surface area contributed by atoms with E-state index < -0.39 is 23.3 Å². The fraction of sp³-hybridized carbons (Fsp3) is 0.348. The number of nitrogens with zero attached hydrogens (tertiary/aromatic N) is 2. The molecule has 0 radical (unpaired) electrons. The van der Waals surface area contributed by atoms with E-state index in [9.17, 15) is 18.0 Å². The summed E-state index contributed by atoms with van der Waals surface area (Å²) in [6.07, 6.45) is -2.14. The summed E-state index contributed by atoms with van der Waals surface area (Å²) in [5.41, 5.74) is -0.170. The summed E-state index contributed by atoms with van der Waals surface area (Å²) in [4.78, 5) is 16.1. The predicted molar refractivity (Wildman–Crippen MR) is 112 cm³/mol. The van der Waals surface area contributed by atoms with E-state index in [1.807, 2.05) is 12.1 Å². The van der Waals surface area contributed by atoms with Gasteiger partial charge >= 0.3 is 12.1 Å². The minimum Gasteiger partial charge on any atom is -0.476 e. The molecule has 0 atom stereocenters. The lowest BCUT2D eigenvalue weighted by atomic mass is 10.1. The third kappa shape index (κ3) is 5.87. The van der Waals surface area contributed by atoms with Gasteiger partial charge < -0.3 is 9.47 Å². The molecule has 2 aromatic carbocycles. The summed E-state index contributed by atoms with van der Waals surface area (Å²) in [7, 11) is 1.32. The van der Waals surface area contributed by atoms with E-state index in [0.717, 1.165) is 30.5 Å². The van der Waals surface area contributed by atoms with Crippen LogP contribution in [0.25, 0.3) is 11.4 Å². The van der Waals surface area contributed by atoms with Crippen molar-refractivity contribution in [3.05, 3.63) is 65.5 Å². The van der Waals surface area contributed by atoms with Gasteiger partial charge in [-0.1, -0.05) is 24.3 Å². The number of aromatic nitrogens is 3. The smallest absolute Gasteiger partial charge is 0.416 e. The first-order chi connectivity index (χ1) is 15.1. The standard InChI is InChI=1S/C23H24F3N3O3/c1-22(2,21(30)31-3)32-18-13-7-15(8-14-18)5-4-6-19-27-20(29-28-19)16-9-11-17(12-10-16)23(24,25)26/h7-14H,4-6H2,1-3H3,(H,27,28,29). The molecule has 0 amide bonds. The predicted octanol–water partition coefficient (Wildman–Crippen LogP) is 5.00. The topological polar surface area (TPSA) is 77.1 Å². The van der Waals surface area contributed by atoms with Crippen molar-refractivity contribution in [1.29, 1.82) is 0 Å². The minimum absolute atomic E-state index is 0.364. The van der Waals surface area contributed by atoms with Gasteiger partial charge in [-0.25, -0.2) is 9.78 Å². The van der Waals surface area contributed by atoms with E-state index in [4.69, 9.17) is 9.47 Å². The Kier molecular flexibility index (Phi) is 6.86. The van der Waals surface area contributed by atoms with Gasteiger partial charge in [0.05, 0.1) is 12.7 Å². The van der Waals surface area contributed by atoms with Crippen LogP contribution in [0.3, 0.4) is 0 Å². The third-order valence-corrected chi connectivity index (χ3v) is 4.85. The van der Waals surface area contributed by atoms with Crippen molar-refractivity contribution >= 4 is 5.97 Å². The monoisotopic (exact) mass is 447 g/mol. The quantitative estimate of drug-likeness (QED) is 0.492. The van der Waals surface area contributed by atoms with E-state index in [-0.39, 0.29) is 0 Å². The first-order valence-corrected chi connectivity index (χ1v) is 10.0. The van der Waals surface area contributed by atoms with Crippen LogP contribution in [0.1, 0.15) is 37.2 Å². The minimum atomic E-state index is -4.37. The number of hydrogen-bond acceptors (Lipinski definition) is 5. The number of aromatic amines is 1. The molecule has 170 valence electrons. The largest absolute Gasteiger partial charge is 0.476 e. The van der Waals surface area contributed by atoms with E-state index in [1.54, 1.807) is 26.0 Å². The molecule has 0 aliphatic rings. The number of halogens is 3. The zero-order valence-electron chi connectivity index (χ0n) is 18.0. The van der Waals surface area contributed by atoms with Crippen molar-refractivity contribution in [3.63, 3.8) is 0 Å². The number of H-pyrrole nitrogens is 1. The highest BCUT2D eigenvalue weighted by atomic mass is 19.4. The van der Waals surface area contributed by atoms with Crippen LogP contribution in [0.4, 0.5) is 13.2 Å². The van der Waals surface area contributed by atoms with Gasteiger partial charge in [-0.2, -0.15) is 18.3 Å². The second kappa shape index (κ2) is 9.42. The van der Waals surface area contributed by atoms with Gasteiger partial charge in [0.1, 0.15) is 11.6 Å². The average molecular weight is 447 g/mol.